The monoisotopic (exact) mass is 599 g/mol. The van der Waals surface area contributed by atoms with E-state index in [1.165, 1.54) is 5.56 Å². The van der Waals surface area contributed by atoms with Gasteiger partial charge in [-0.3, -0.25) is 9.59 Å². The van der Waals surface area contributed by atoms with E-state index >= 15 is 0 Å². The lowest BCUT2D eigenvalue weighted by Crippen LogP contribution is -2.38. The van der Waals surface area contributed by atoms with Crippen molar-refractivity contribution >= 4 is 28.2 Å². The first-order chi connectivity index (χ1) is 18.8. The summed E-state index contributed by atoms with van der Waals surface area (Å²) in [6.45, 7) is 17.0. The third kappa shape index (κ3) is 9.95. The number of nitrogens with one attached hydrogen (secondary N) is 1. The van der Waals surface area contributed by atoms with Crippen LogP contribution in [-0.4, -0.2) is 35.0 Å². The van der Waals surface area contributed by atoms with E-state index in [-0.39, 0.29) is 23.8 Å². The summed E-state index contributed by atoms with van der Waals surface area (Å²) in [5.41, 5.74) is 3.42. The van der Waals surface area contributed by atoms with Crippen LogP contribution >= 0.6 is 15.9 Å². The van der Waals surface area contributed by atoms with Crippen LogP contribution in [0.25, 0.3) is 11.1 Å². The van der Waals surface area contributed by atoms with E-state index in [0.717, 1.165) is 41.4 Å². The Morgan fingerprint density at radius 2 is 1.69 bits per heavy atom. The van der Waals surface area contributed by atoms with Crippen LogP contribution in [0.4, 0.5) is 0 Å². The maximum atomic E-state index is 12.5. The number of benzene rings is 2. The maximum absolute atomic E-state index is 12.5. The van der Waals surface area contributed by atoms with Crippen LogP contribution in [0, 0.1) is 5.92 Å². The van der Waals surface area contributed by atoms with Gasteiger partial charge in [0.1, 0.15) is 11.7 Å². The van der Waals surface area contributed by atoms with Crippen molar-refractivity contribution in [2.24, 2.45) is 5.92 Å². The number of hydrogen-bond acceptors (Lipinski definition) is 4. The maximum Gasteiger partial charge on any atom is 0.233 e. The Bertz CT molecular complexity index is 1080. The number of carbonyl (C=O) groups excluding carboxylic acids is 2. The molecule has 6 nitrogen and oxygen atoms in total. The first-order valence-electron chi connectivity index (χ1n) is 14.1. The number of nitrogens with zero attached hydrogens (tertiary/aromatic N) is 2. The van der Waals surface area contributed by atoms with E-state index in [2.05, 4.69) is 51.5 Å². The first-order valence-corrected chi connectivity index (χ1v) is 14.9. The summed E-state index contributed by atoms with van der Waals surface area (Å²) >= 11 is 3.55. The van der Waals surface area contributed by atoms with Crippen LogP contribution in [0.2, 0.25) is 0 Å². The average molecular weight is 601 g/mol. The zero-order chi connectivity index (χ0) is 29.4. The molecule has 1 aromatic heterocycles. The molecule has 1 saturated heterocycles. The van der Waals surface area contributed by atoms with Crippen molar-refractivity contribution in [1.82, 2.24) is 15.4 Å². The summed E-state index contributed by atoms with van der Waals surface area (Å²) in [5.74, 6) is 0.896. The van der Waals surface area contributed by atoms with E-state index < -0.39 is 0 Å². The lowest BCUT2D eigenvalue weighted by Gasteiger charge is -2.27. The van der Waals surface area contributed by atoms with Crippen molar-refractivity contribution in [2.45, 2.75) is 86.2 Å². The molecule has 7 heteroatoms. The Hall–Kier alpha value is -2.93. The zero-order valence-electron chi connectivity index (χ0n) is 24.8. The standard InChI is InChI=1S/C15H14BrNO.C13H20N2O2.2C2H6/c1-11(17-10-18)12-6-8-13(9-7-12)14-4-2-3-5-15(14)16;1-9(2)12(11-6-7-14-17-11)13(16)15-8-4-5-10(15)3;2*1-2/h2-11H,1H3,(H,17,18);6-7,9-10,12H,4-5,8H2,1-3H3;2*1-2H3. The lowest BCUT2D eigenvalue weighted by atomic mass is 9.91. The fraction of sp³-hybridized carbons (Fsp3) is 0.469. The normalized spacial score (nSPS) is 15.4. The third-order valence-electron chi connectivity index (χ3n) is 6.45. The minimum atomic E-state index is -0.196. The van der Waals surface area contributed by atoms with Crippen molar-refractivity contribution in [2.75, 3.05) is 6.54 Å². The average Bonchev–Trinajstić information content (AvgIpc) is 3.64. The van der Waals surface area contributed by atoms with E-state index in [0.29, 0.717) is 11.8 Å². The van der Waals surface area contributed by atoms with Crippen LogP contribution in [0.3, 0.4) is 0 Å². The van der Waals surface area contributed by atoms with E-state index in [1.54, 1.807) is 12.3 Å². The second kappa shape index (κ2) is 18.4. The highest BCUT2D eigenvalue weighted by atomic mass is 79.9. The van der Waals surface area contributed by atoms with Crippen LogP contribution in [0.15, 0.2) is 69.8 Å². The number of carbonyl (C=O) groups is 2. The van der Waals surface area contributed by atoms with Crippen molar-refractivity contribution in [1.29, 1.82) is 0 Å². The quantitative estimate of drug-likeness (QED) is 0.276. The number of likely N-dealkylation sites (tertiary alicyclic amines) is 1. The number of rotatable bonds is 7. The van der Waals surface area contributed by atoms with Gasteiger partial charge in [-0.05, 0) is 55.4 Å². The SMILES string of the molecule is CC.CC.CC(C)C(C(=O)N1CCCC1C)c1ccno1.CC(NC=O)c1ccc(-c2ccccc2Br)cc1. The van der Waals surface area contributed by atoms with Crippen molar-refractivity contribution in [3.8, 4) is 11.1 Å². The van der Waals surface area contributed by atoms with Gasteiger partial charge in [0, 0.05) is 23.1 Å². The van der Waals surface area contributed by atoms with Crippen molar-refractivity contribution < 1.29 is 14.1 Å². The summed E-state index contributed by atoms with van der Waals surface area (Å²) in [6.07, 6.45) is 4.54. The molecule has 1 aliphatic heterocycles. The van der Waals surface area contributed by atoms with Crippen LogP contribution in [0.1, 0.15) is 91.5 Å². The Kier molecular flexibility index (Phi) is 16.1. The van der Waals surface area contributed by atoms with Gasteiger partial charge in [-0.2, -0.15) is 0 Å². The topological polar surface area (TPSA) is 75.4 Å². The van der Waals surface area contributed by atoms with Crippen molar-refractivity contribution in [3.05, 3.63) is 76.6 Å². The highest BCUT2D eigenvalue weighted by Gasteiger charge is 2.35. The molecular weight excluding hydrogens is 554 g/mol. The predicted octanol–water partition coefficient (Wildman–Crippen LogP) is 8.40. The minimum Gasteiger partial charge on any atom is -0.361 e. The van der Waals surface area contributed by atoms with Crippen LogP contribution in [-0.2, 0) is 9.59 Å². The number of aromatic nitrogens is 1. The van der Waals surface area contributed by atoms with Gasteiger partial charge in [0.2, 0.25) is 12.3 Å². The predicted molar refractivity (Wildman–Crippen MR) is 164 cm³/mol. The first kappa shape index (κ1) is 34.1. The molecule has 0 bridgehead atoms. The molecule has 3 atom stereocenters. The molecule has 2 aromatic carbocycles. The Morgan fingerprint density at radius 1 is 1.05 bits per heavy atom. The van der Waals surface area contributed by atoms with E-state index in [1.807, 2.05) is 83.7 Å². The summed E-state index contributed by atoms with van der Waals surface area (Å²) < 4.78 is 6.26. The molecule has 0 spiro atoms. The highest BCUT2D eigenvalue weighted by Crippen LogP contribution is 2.30. The number of halogens is 1. The summed E-state index contributed by atoms with van der Waals surface area (Å²) in [6, 6.07) is 18.5. The molecule has 3 unspecified atom stereocenters. The number of amides is 2. The van der Waals surface area contributed by atoms with Gasteiger partial charge in [0.05, 0.1) is 12.2 Å². The van der Waals surface area contributed by atoms with Crippen LogP contribution < -0.4 is 5.32 Å². The molecule has 0 saturated carbocycles. The van der Waals surface area contributed by atoms with E-state index in [9.17, 15) is 9.59 Å². The van der Waals surface area contributed by atoms with Gasteiger partial charge in [-0.25, -0.2) is 0 Å². The Balaban J connectivity index is 0.000000347. The molecule has 1 N–H and O–H groups in total. The van der Waals surface area contributed by atoms with Crippen molar-refractivity contribution in [3.63, 3.8) is 0 Å². The second-order valence-electron chi connectivity index (χ2n) is 9.27. The lowest BCUT2D eigenvalue weighted by molar-refractivity contribution is -0.134. The fourth-order valence-electron chi connectivity index (χ4n) is 4.41. The number of hydrogen-bond donors (Lipinski definition) is 1. The summed E-state index contributed by atoms with van der Waals surface area (Å²) in [4.78, 5) is 24.9. The minimum absolute atomic E-state index is 0.0377. The molecule has 2 heterocycles. The molecule has 4 rings (SSSR count). The third-order valence-corrected chi connectivity index (χ3v) is 7.14. The van der Waals surface area contributed by atoms with Gasteiger partial charge in [-0.1, -0.05) is 105 Å². The summed E-state index contributed by atoms with van der Waals surface area (Å²) in [5, 5.41) is 6.45. The molecule has 39 heavy (non-hydrogen) atoms. The molecule has 214 valence electrons. The zero-order valence-corrected chi connectivity index (χ0v) is 26.4. The Labute approximate surface area is 243 Å². The molecule has 1 aliphatic rings. The Morgan fingerprint density at radius 3 is 2.18 bits per heavy atom. The molecule has 1 fully saturated rings. The largest absolute Gasteiger partial charge is 0.361 e. The van der Waals surface area contributed by atoms with Gasteiger partial charge in [0.25, 0.3) is 0 Å². The van der Waals surface area contributed by atoms with E-state index in [4.69, 9.17) is 4.52 Å². The van der Waals surface area contributed by atoms with Gasteiger partial charge in [0.15, 0.2) is 0 Å². The second-order valence-corrected chi connectivity index (χ2v) is 10.1. The molecule has 0 aliphatic carbocycles. The molecule has 3 aromatic rings. The molecular formula is C32H46BrN3O3. The molecule has 2 amide bonds. The van der Waals surface area contributed by atoms with Gasteiger partial charge >= 0.3 is 0 Å². The van der Waals surface area contributed by atoms with Gasteiger partial charge < -0.3 is 14.7 Å². The smallest absolute Gasteiger partial charge is 0.233 e. The fourth-order valence-corrected chi connectivity index (χ4v) is 4.92. The summed E-state index contributed by atoms with van der Waals surface area (Å²) in [7, 11) is 0. The molecule has 0 radical (unpaired) electrons. The van der Waals surface area contributed by atoms with Gasteiger partial charge in [-0.15, -0.1) is 0 Å². The highest BCUT2D eigenvalue weighted by molar-refractivity contribution is 9.10. The van der Waals surface area contributed by atoms with Crippen LogP contribution in [0.5, 0.6) is 0 Å².